The number of amides is 2. The number of hydrogen-bond acceptors (Lipinski definition) is 9. The summed E-state index contributed by atoms with van der Waals surface area (Å²) in [6.45, 7) is 4.78. The molecule has 11 nitrogen and oxygen atoms in total. The molecule has 12 heteroatoms. The van der Waals surface area contributed by atoms with Gasteiger partial charge < -0.3 is 40.5 Å². The predicted octanol–water partition coefficient (Wildman–Crippen LogP) is 1.71. The smallest absolute Gasteiger partial charge is 0.364 e. The highest BCUT2D eigenvalue weighted by molar-refractivity contribution is 7.99. The van der Waals surface area contributed by atoms with Crippen LogP contribution in [0.4, 0.5) is 0 Å². The Bertz CT molecular complexity index is 1190. The number of nitrogens with one attached hydrogen (secondary N) is 2. The molecule has 0 spiro atoms. The molecule has 0 radical (unpaired) electrons. The van der Waals surface area contributed by atoms with E-state index in [0.717, 1.165) is 28.2 Å². The average Bonchev–Trinajstić information content (AvgIpc) is 2.96. The van der Waals surface area contributed by atoms with Gasteiger partial charge in [-0.05, 0) is 48.1 Å². The van der Waals surface area contributed by atoms with E-state index >= 15 is 0 Å². The number of hydrogen-bond donors (Lipinski definition) is 6. The lowest BCUT2D eigenvalue weighted by Gasteiger charge is -2.46. The molecule has 6 N–H and O–H groups in total. The Morgan fingerprint density at radius 1 is 1.10 bits per heavy atom. The lowest BCUT2D eigenvalue weighted by Crippen LogP contribution is -2.68. The molecule has 3 rings (SSSR count). The quantitative estimate of drug-likeness (QED) is 0.174. The van der Waals surface area contributed by atoms with Crippen molar-refractivity contribution in [3.8, 4) is 11.1 Å². The van der Waals surface area contributed by atoms with Crippen LogP contribution in [0.15, 0.2) is 48.5 Å². The second kappa shape index (κ2) is 15.5. The number of benzene rings is 2. The molecule has 0 aliphatic carbocycles. The van der Waals surface area contributed by atoms with Crippen LogP contribution >= 0.6 is 11.8 Å². The lowest BCUT2D eigenvalue weighted by atomic mass is 9.88. The Hall–Kier alpha value is -3.00. The molecule has 42 heavy (non-hydrogen) atoms. The van der Waals surface area contributed by atoms with Crippen molar-refractivity contribution in [3.63, 3.8) is 0 Å². The first-order valence-electron chi connectivity index (χ1n) is 13.9. The Morgan fingerprint density at radius 3 is 2.29 bits per heavy atom. The van der Waals surface area contributed by atoms with E-state index in [2.05, 4.69) is 10.6 Å². The second-order valence-electron chi connectivity index (χ2n) is 10.2. The van der Waals surface area contributed by atoms with E-state index < -0.39 is 67.0 Å². The molecule has 1 fully saturated rings. The van der Waals surface area contributed by atoms with Crippen LogP contribution < -0.4 is 10.6 Å². The highest BCUT2D eigenvalue weighted by Crippen LogP contribution is 2.34. The summed E-state index contributed by atoms with van der Waals surface area (Å²) in [4.78, 5) is 36.8. The standard InChI is InChI=1S/C30H40N2O9S/c1-4-42-15-5-14-40-30(29(38)39)16-23(34)25(32-19(3)33)27(41-30)26(36)24(35)17-31-28(37)22-12-10-21(11-13-22)20-8-6-18(2)7-9-20/h6-13,23-27,34-36H,4-5,14-17H2,1-3H3,(H,31,37)(H,32,33)(H,38,39)/t23?,24-,25-,26?,27-,30-/m1/s1. The van der Waals surface area contributed by atoms with Crippen LogP contribution in [0.25, 0.3) is 11.1 Å². The number of aryl methyl sites for hydroxylation is 1. The van der Waals surface area contributed by atoms with Gasteiger partial charge in [0.15, 0.2) is 0 Å². The fraction of sp³-hybridized carbons (Fsp3) is 0.500. The first-order valence-corrected chi connectivity index (χ1v) is 15.0. The maximum Gasteiger partial charge on any atom is 0.364 e. The normalized spacial score (nSPS) is 23.5. The van der Waals surface area contributed by atoms with E-state index in [9.17, 15) is 34.8 Å². The van der Waals surface area contributed by atoms with Crippen molar-refractivity contribution >= 4 is 29.5 Å². The summed E-state index contributed by atoms with van der Waals surface area (Å²) in [6.07, 6.45) is -6.48. The number of rotatable bonds is 14. The van der Waals surface area contributed by atoms with Gasteiger partial charge in [-0.2, -0.15) is 11.8 Å². The van der Waals surface area contributed by atoms with Crippen LogP contribution in [-0.2, 0) is 19.1 Å². The van der Waals surface area contributed by atoms with Gasteiger partial charge in [0.25, 0.3) is 11.7 Å². The molecule has 1 heterocycles. The number of aliphatic hydroxyl groups is 3. The molecule has 2 aromatic carbocycles. The van der Waals surface area contributed by atoms with Crippen LogP contribution in [0.5, 0.6) is 0 Å². The van der Waals surface area contributed by atoms with E-state index in [1.165, 1.54) is 6.92 Å². The largest absolute Gasteiger partial charge is 0.477 e. The van der Waals surface area contributed by atoms with Gasteiger partial charge in [-0.25, -0.2) is 4.79 Å². The molecule has 2 aromatic rings. The van der Waals surface area contributed by atoms with Crippen molar-refractivity contribution in [3.05, 3.63) is 59.7 Å². The summed E-state index contributed by atoms with van der Waals surface area (Å²) in [6, 6.07) is 13.6. The van der Waals surface area contributed by atoms with Crippen molar-refractivity contribution in [1.29, 1.82) is 0 Å². The minimum Gasteiger partial charge on any atom is -0.477 e. The number of carboxylic acid groups (broad SMARTS) is 1. The number of aliphatic hydroxyl groups excluding tert-OH is 3. The fourth-order valence-electron chi connectivity index (χ4n) is 4.69. The van der Waals surface area contributed by atoms with Crippen molar-refractivity contribution in [2.45, 2.75) is 69.9 Å². The Morgan fingerprint density at radius 2 is 1.71 bits per heavy atom. The van der Waals surface area contributed by atoms with Gasteiger partial charge in [0.1, 0.15) is 12.2 Å². The fourth-order valence-corrected chi connectivity index (χ4v) is 5.30. The summed E-state index contributed by atoms with van der Waals surface area (Å²) in [5.41, 5.74) is 3.38. The van der Waals surface area contributed by atoms with E-state index in [-0.39, 0.29) is 6.61 Å². The lowest BCUT2D eigenvalue weighted by molar-refractivity contribution is -0.310. The average molecular weight is 605 g/mol. The van der Waals surface area contributed by atoms with E-state index in [1.54, 1.807) is 36.0 Å². The third-order valence-corrected chi connectivity index (χ3v) is 7.96. The van der Waals surface area contributed by atoms with Crippen LogP contribution in [-0.4, -0.2) is 99.1 Å². The van der Waals surface area contributed by atoms with Crippen LogP contribution in [0.3, 0.4) is 0 Å². The molecule has 0 saturated carbocycles. The van der Waals surface area contributed by atoms with Crippen LogP contribution in [0.2, 0.25) is 0 Å². The Kier molecular flexibility index (Phi) is 12.3. The number of carbonyl (C=O) groups is 3. The summed E-state index contributed by atoms with van der Waals surface area (Å²) in [7, 11) is 0. The minimum atomic E-state index is -2.31. The van der Waals surface area contributed by atoms with E-state index in [1.807, 2.05) is 38.1 Å². The topological polar surface area (TPSA) is 175 Å². The second-order valence-corrected chi connectivity index (χ2v) is 11.6. The van der Waals surface area contributed by atoms with Crippen molar-refractivity contribution < 1.29 is 44.3 Å². The number of ether oxygens (including phenoxy) is 2. The molecule has 230 valence electrons. The zero-order valence-corrected chi connectivity index (χ0v) is 24.8. The van der Waals surface area contributed by atoms with E-state index in [0.29, 0.717) is 12.0 Å². The molecule has 1 aliphatic heterocycles. The molecule has 1 aliphatic rings. The first-order chi connectivity index (χ1) is 20.0. The summed E-state index contributed by atoms with van der Waals surface area (Å²) in [5, 5.41) is 47.6. The SMILES string of the molecule is CCSCCCO[C@]1(C(=O)O)CC(O)[C@@H](NC(C)=O)[C@H](C(O)[C@H](O)CNC(=O)c2ccc(-c3ccc(C)cc3)cc2)O1. The van der Waals surface area contributed by atoms with Gasteiger partial charge in [0.05, 0.1) is 24.9 Å². The van der Waals surface area contributed by atoms with Crippen LogP contribution in [0.1, 0.15) is 42.6 Å². The number of aliphatic carboxylic acids is 1. The Labute approximate surface area is 249 Å². The summed E-state index contributed by atoms with van der Waals surface area (Å²) >= 11 is 1.65. The number of thioether (sulfide) groups is 1. The molecule has 6 atom stereocenters. The molecule has 1 saturated heterocycles. The highest BCUT2D eigenvalue weighted by atomic mass is 32.2. The number of carbonyl (C=O) groups excluding carboxylic acids is 2. The monoisotopic (exact) mass is 604 g/mol. The zero-order valence-electron chi connectivity index (χ0n) is 24.0. The molecular weight excluding hydrogens is 564 g/mol. The molecular formula is C30H40N2O9S. The van der Waals surface area contributed by atoms with Gasteiger partial charge in [-0.15, -0.1) is 0 Å². The van der Waals surface area contributed by atoms with Gasteiger partial charge >= 0.3 is 5.97 Å². The van der Waals surface area contributed by atoms with Gasteiger partial charge in [0.2, 0.25) is 5.91 Å². The van der Waals surface area contributed by atoms with Crippen molar-refractivity contribution in [2.24, 2.45) is 0 Å². The maximum atomic E-state index is 12.8. The van der Waals surface area contributed by atoms with Crippen LogP contribution in [0, 0.1) is 6.92 Å². The molecule has 2 amide bonds. The third-order valence-electron chi connectivity index (χ3n) is 6.98. The van der Waals surface area contributed by atoms with Crippen molar-refractivity contribution in [2.75, 3.05) is 24.7 Å². The summed E-state index contributed by atoms with van der Waals surface area (Å²) < 4.78 is 11.3. The highest BCUT2D eigenvalue weighted by Gasteiger charge is 2.55. The molecule has 2 unspecified atom stereocenters. The maximum absolute atomic E-state index is 12.8. The summed E-state index contributed by atoms with van der Waals surface area (Å²) in [5.74, 6) is -3.27. The van der Waals surface area contributed by atoms with E-state index in [4.69, 9.17) is 9.47 Å². The number of carboxylic acids is 1. The van der Waals surface area contributed by atoms with Gasteiger partial charge in [0, 0.05) is 25.5 Å². The third kappa shape index (κ3) is 8.76. The minimum absolute atomic E-state index is 0.0148. The van der Waals surface area contributed by atoms with Gasteiger partial charge in [-0.1, -0.05) is 48.9 Å². The molecule has 0 bridgehead atoms. The van der Waals surface area contributed by atoms with Crippen molar-refractivity contribution in [1.82, 2.24) is 10.6 Å². The Balaban J connectivity index is 1.68. The zero-order chi connectivity index (χ0) is 30.9. The predicted molar refractivity (Wildman–Crippen MR) is 158 cm³/mol. The first kappa shape index (κ1) is 33.5. The molecule has 0 aromatic heterocycles. The van der Waals surface area contributed by atoms with Gasteiger partial charge in [-0.3, -0.25) is 9.59 Å².